The van der Waals surface area contributed by atoms with E-state index < -0.39 is 15.8 Å². The molecule has 0 aliphatic heterocycles. The minimum Gasteiger partial charge on any atom is -0.211 e. The van der Waals surface area contributed by atoms with Crippen molar-refractivity contribution < 1.29 is 8.42 Å². The van der Waals surface area contributed by atoms with Gasteiger partial charge in [-0.05, 0) is 17.9 Å². The molecule has 1 atom stereocenters. The first-order valence-electron chi connectivity index (χ1n) is 4.99. The molecule has 1 N–H and O–H groups in total. The highest BCUT2D eigenvalue weighted by Gasteiger charge is 2.19. The van der Waals surface area contributed by atoms with Gasteiger partial charge < -0.3 is 0 Å². The van der Waals surface area contributed by atoms with Crippen LogP contribution in [0.15, 0.2) is 17.5 Å². The fourth-order valence-electron chi connectivity index (χ4n) is 1.38. The quantitative estimate of drug-likeness (QED) is 0.848. The Kier molecular flexibility index (Phi) is 4.93. The van der Waals surface area contributed by atoms with Crippen molar-refractivity contribution in [1.82, 2.24) is 4.72 Å². The maximum atomic E-state index is 11.5. The number of nitriles is 1. The van der Waals surface area contributed by atoms with Gasteiger partial charge in [-0.25, -0.2) is 13.1 Å². The summed E-state index contributed by atoms with van der Waals surface area (Å²) in [6, 6.07) is 5.24. The summed E-state index contributed by atoms with van der Waals surface area (Å²) < 4.78 is 25.5. The third kappa shape index (κ3) is 3.93. The molecule has 1 aromatic rings. The molecular formula is C10H14N2O2S2. The Morgan fingerprint density at radius 2 is 2.38 bits per heavy atom. The van der Waals surface area contributed by atoms with Gasteiger partial charge in [-0.3, -0.25) is 0 Å². The highest BCUT2D eigenvalue weighted by atomic mass is 32.2. The molecule has 0 fully saturated rings. The summed E-state index contributed by atoms with van der Waals surface area (Å²) in [5.74, 6) is -0.488. The first-order chi connectivity index (χ1) is 7.59. The van der Waals surface area contributed by atoms with Crippen LogP contribution in [-0.2, 0) is 10.0 Å². The normalized spacial score (nSPS) is 13.2. The zero-order valence-electron chi connectivity index (χ0n) is 9.01. The van der Waals surface area contributed by atoms with Crippen molar-refractivity contribution >= 4 is 21.4 Å². The molecule has 16 heavy (non-hydrogen) atoms. The molecule has 0 saturated heterocycles. The fraction of sp³-hybridized carbons (Fsp3) is 0.500. The zero-order valence-corrected chi connectivity index (χ0v) is 10.6. The van der Waals surface area contributed by atoms with Gasteiger partial charge in [0.2, 0.25) is 10.0 Å². The van der Waals surface area contributed by atoms with Gasteiger partial charge in [0, 0.05) is 4.88 Å². The standard InChI is InChI=1S/C10H14N2O2S2/c1-2-4-9(10-5-3-7-15-10)12-16(13,14)8-6-11/h3,5,7,9,12H,2,4,8H2,1H3. The molecule has 0 amide bonds. The van der Waals surface area contributed by atoms with Crippen LogP contribution in [0.1, 0.15) is 30.7 Å². The maximum absolute atomic E-state index is 11.5. The largest absolute Gasteiger partial charge is 0.225 e. The van der Waals surface area contributed by atoms with E-state index in [9.17, 15) is 8.42 Å². The van der Waals surface area contributed by atoms with Gasteiger partial charge in [0.05, 0.1) is 12.1 Å². The number of hydrogen-bond donors (Lipinski definition) is 1. The third-order valence-electron chi connectivity index (χ3n) is 2.04. The molecule has 0 aromatic carbocycles. The number of sulfonamides is 1. The molecule has 1 aromatic heterocycles. The molecule has 88 valence electrons. The molecule has 0 radical (unpaired) electrons. The van der Waals surface area contributed by atoms with Crippen molar-refractivity contribution in [2.24, 2.45) is 0 Å². The van der Waals surface area contributed by atoms with Crippen LogP contribution in [0.4, 0.5) is 0 Å². The summed E-state index contributed by atoms with van der Waals surface area (Å²) in [6.45, 7) is 2.00. The third-order valence-corrected chi connectivity index (χ3v) is 4.18. The molecule has 0 aliphatic carbocycles. The molecule has 4 nitrogen and oxygen atoms in total. The lowest BCUT2D eigenvalue weighted by Gasteiger charge is -2.15. The predicted octanol–water partition coefficient (Wildman–Crippen LogP) is 2.03. The van der Waals surface area contributed by atoms with Crippen LogP contribution in [0.5, 0.6) is 0 Å². The van der Waals surface area contributed by atoms with Crippen molar-refractivity contribution in [3.63, 3.8) is 0 Å². The van der Waals surface area contributed by atoms with Gasteiger partial charge in [-0.2, -0.15) is 5.26 Å². The minimum atomic E-state index is -3.48. The predicted molar refractivity (Wildman–Crippen MR) is 64.5 cm³/mol. The average Bonchev–Trinajstić information content (AvgIpc) is 2.69. The second-order valence-corrected chi connectivity index (χ2v) is 6.12. The lowest BCUT2D eigenvalue weighted by Crippen LogP contribution is -2.29. The summed E-state index contributed by atoms with van der Waals surface area (Å²) in [6.07, 6.45) is 1.63. The first-order valence-corrected chi connectivity index (χ1v) is 7.52. The van der Waals surface area contributed by atoms with Crippen LogP contribution < -0.4 is 4.72 Å². The van der Waals surface area contributed by atoms with Gasteiger partial charge in [-0.15, -0.1) is 11.3 Å². The van der Waals surface area contributed by atoms with Gasteiger partial charge in [-0.1, -0.05) is 19.4 Å². The molecular weight excluding hydrogens is 244 g/mol. The smallest absolute Gasteiger partial charge is 0.211 e. The molecule has 0 bridgehead atoms. The van der Waals surface area contributed by atoms with Crippen molar-refractivity contribution in [2.75, 3.05) is 5.75 Å². The van der Waals surface area contributed by atoms with Crippen molar-refractivity contribution in [3.8, 4) is 6.07 Å². The van der Waals surface area contributed by atoms with Crippen LogP contribution in [0.2, 0.25) is 0 Å². The summed E-state index contributed by atoms with van der Waals surface area (Å²) in [7, 11) is -3.48. The van der Waals surface area contributed by atoms with Crippen molar-refractivity contribution in [1.29, 1.82) is 5.26 Å². The lowest BCUT2D eigenvalue weighted by atomic mass is 10.1. The minimum absolute atomic E-state index is 0.205. The molecule has 0 spiro atoms. The Labute approximate surface area is 100.0 Å². The van der Waals surface area contributed by atoms with Crippen LogP contribution in [0.3, 0.4) is 0 Å². The summed E-state index contributed by atoms with van der Waals surface area (Å²) in [4.78, 5) is 0.989. The van der Waals surface area contributed by atoms with E-state index in [-0.39, 0.29) is 6.04 Å². The van der Waals surface area contributed by atoms with Crippen LogP contribution >= 0.6 is 11.3 Å². The Balaban J connectivity index is 2.78. The van der Waals surface area contributed by atoms with E-state index in [0.717, 1.165) is 17.7 Å². The average molecular weight is 258 g/mol. The Bertz CT molecular complexity index is 446. The Morgan fingerprint density at radius 3 is 2.88 bits per heavy atom. The fourth-order valence-corrected chi connectivity index (χ4v) is 3.20. The van der Waals surface area contributed by atoms with E-state index in [1.165, 1.54) is 11.3 Å². The van der Waals surface area contributed by atoms with Crippen LogP contribution in [0, 0.1) is 11.3 Å². The first kappa shape index (κ1) is 13.2. The molecule has 0 saturated carbocycles. The van der Waals surface area contributed by atoms with Crippen LogP contribution in [-0.4, -0.2) is 14.2 Å². The highest BCUT2D eigenvalue weighted by Crippen LogP contribution is 2.23. The van der Waals surface area contributed by atoms with Crippen molar-refractivity contribution in [2.45, 2.75) is 25.8 Å². The molecule has 6 heteroatoms. The van der Waals surface area contributed by atoms with Gasteiger partial charge >= 0.3 is 0 Å². The van der Waals surface area contributed by atoms with E-state index in [0.29, 0.717) is 0 Å². The number of rotatable bonds is 6. The summed E-state index contributed by atoms with van der Waals surface area (Å²) >= 11 is 1.52. The van der Waals surface area contributed by atoms with E-state index in [1.807, 2.05) is 24.4 Å². The topological polar surface area (TPSA) is 70.0 Å². The SMILES string of the molecule is CCCC(NS(=O)(=O)CC#N)c1cccs1. The lowest BCUT2D eigenvalue weighted by molar-refractivity contribution is 0.543. The molecule has 1 unspecified atom stereocenters. The van der Waals surface area contributed by atoms with Crippen LogP contribution in [0.25, 0.3) is 0 Å². The second kappa shape index (κ2) is 5.99. The Morgan fingerprint density at radius 1 is 1.62 bits per heavy atom. The number of nitrogens with one attached hydrogen (secondary N) is 1. The second-order valence-electron chi connectivity index (χ2n) is 3.39. The van der Waals surface area contributed by atoms with Gasteiger partial charge in [0.15, 0.2) is 5.75 Å². The molecule has 1 rings (SSSR count). The number of nitrogens with zero attached hydrogens (tertiary/aromatic N) is 1. The summed E-state index contributed by atoms with van der Waals surface area (Å²) in [5, 5.41) is 10.3. The zero-order chi connectivity index (χ0) is 12.0. The van der Waals surface area contributed by atoms with Gasteiger partial charge in [0.1, 0.15) is 0 Å². The molecule has 1 heterocycles. The van der Waals surface area contributed by atoms with E-state index >= 15 is 0 Å². The van der Waals surface area contributed by atoms with E-state index in [4.69, 9.17) is 5.26 Å². The van der Waals surface area contributed by atoms with Crippen molar-refractivity contribution in [3.05, 3.63) is 22.4 Å². The molecule has 0 aliphatic rings. The number of hydrogen-bond acceptors (Lipinski definition) is 4. The summed E-state index contributed by atoms with van der Waals surface area (Å²) in [5.41, 5.74) is 0. The van der Waals surface area contributed by atoms with Gasteiger partial charge in [0.25, 0.3) is 0 Å². The Hall–Kier alpha value is -0.900. The highest BCUT2D eigenvalue weighted by molar-refractivity contribution is 7.89. The van der Waals surface area contributed by atoms with E-state index in [2.05, 4.69) is 4.72 Å². The maximum Gasteiger partial charge on any atom is 0.225 e. The number of thiophene rings is 1. The monoisotopic (exact) mass is 258 g/mol. The van der Waals surface area contributed by atoms with E-state index in [1.54, 1.807) is 6.07 Å².